The van der Waals surface area contributed by atoms with Gasteiger partial charge in [-0.2, -0.15) is 0 Å². The number of likely N-dealkylation sites (tertiary alicyclic amines) is 1. The first-order valence-corrected chi connectivity index (χ1v) is 7.53. The minimum atomic E-state index is -0.602. The molecule has 0 saturated carbocycles. The van der Waals surface area contributed by atoms with Crippen molar-refractivity contribution in [3.05, 3.63) is 71.0 Å². The lowest BCUT2D eigenvalue weighted by molar-refractivity contribution is 0.0715. The highest BCUT2D eigenvalue weighted by atomic mass is 19.1. The Balaban J connectivity index is 1.89. The Morgan fingerprint density at radius 2 is 1.96 bits per heavy atom. The van der Waals surface area contributed by atoms with Gasteiger partial charge in [0.05, 0.1) is 18.8 Å². The predicted octanol–water partition coefficient (Wildman–Crippen LogP) is 2.27. The van der Waals surface area contributed by atoms with Gasteiger partial charge in [0.25, 0.3) is 5.91 Å². The summed E-state index contributed by atoms with van der Waals surface area (Å²) >= 11 is 0. The van der Waals surface area contributed by atoms with Crippen molar-refractivity contribution in [2.75, 3.05) is 6.54 Å². The Bertz CT molecular complexity index is 702. The fourth-order valence-corrected chi connectivity index (χ4v) is 3.01. The first-order chi connectivity index (χ1) is 11.1. The van der Waals surface area contributed by atoms with Crippen molar-refractivity contribution in [3.63, 3.8) is 0 Å². The van der Waals surface area contributed by atoms with Crippen molar-refractivity contribution in [2.24, 2.45) is 0 Å². The quantitative estimate of drug-likeness (QED) is 0.913. The summed E-state index contributed by atoms with van der Waals surface area (Å²) in [7, 11) is 0. The van der Waals surface area contributed by atoms with Crippen molar-refractivity contribution in [2.45, 2.75) is 25.2 Å². The molecule has 2 aromatic rings. The van der Waals surface area contributed by atoms with Crippen LogP contribution in [-0.4, -0.2) is 33.7 Å². The van der Waals surface area contributed by atoms with Crippen molar-refractivity contribution < 1.29 is 19.4 Å². The van der Waals surface area contributed by atoms with Crippen molar-refractivity contribution in [3.8, 4) is 0 Å². The maximum atomic E-state index is 13.1. The number of amides is 1. The highest BCUT2D eigenvalue weighted by Crippen LogP contribution is 2.33. The molecule has 120 valence electrons. The molecule has 1 aliphatic heterocycles. The largest absolute Gasteiger partial charge is 0.392 e. The SMILES string of the molecule is O=C(c1cccc(CO)c1)N1C[C@H](O)C[C@H]1c1ccc(F)cc1. The maximum Gasteiger partial charge on any atom is 0.254 e. The van der Waals surface area contributed by atoms with Crippen LogP contribution in [0.1, 0.15) is 33.9 Å². The van der Waals surface area contributed by atoms with Crippen LogP contribution in [0.25, 0.3) is 0 Å². The van der Waals surface area contributed by atoms with E-state index in [1.807, 2.05) is 0 Å². The fraction of sp³-hybridized carbons (Fsp3) is 0.278. The van der Waals surface area contributed by atoms with Gasteiger partial charge in [-0.3, -0.25) is 4.79 Å². The molecule has 4 nitrogen and oxygen atoms in total. The topological polar surface area (TPSA) is 60.8 Å². The normalized spacial score (nSPS) is 20.7. The Morgan fingerprint density at radius 1 is 1.22 bits per heavy atom. The monoisotopic (exact) mass is 315 g/mol. The molecule has 3 rings (SSSR count). The number of hydrogen-bond acceptors (Lipinski definition) is 3. The molecule has 5 heteroatoms. The molecule has 0 spiro atoms. The summed E-state index contributed by atoms with van der Waals surface area (Å²) in [4.78, 5) is 14.4. The number of nitrogens with zero attached hydrogens (tertiary/aromatic N) is 1. The molecule has 0 bridgehead atoms. The van der Waals surface area contributed by atoms with Crippen molar-refractivity contribution in [1.82, 2.24) is 4.90 Å². The molecule has 1 saturated heterocycles. The molecular weight excluding hydrogens is 297 g/mol. The van der Waals surface area contributed by atoms with Crippen molar-refractivity contribution in [1.29, 1.82) is 0 Å². The third-order valence-corrected chi connectivity index (χ3v) is 4.15. The van der Waals surface area contributed by atoms with Gasteiger partial charge in [-0.1, -0.05) is 24.3 Å². The number of β-amino-alcohol motifs (C(OH)–C–C–N with tert-alkyl or cyclic N) is 1. The van der Waals surface area contributed by atoms with E-state index in [9.17, 15) is 19.4 Å². The van der Waals surface area contributed by atoms with Crippen LogP contribution in [-0.2, 0) is 6.61 Å². The maximum absolute atomic E-state index is 13.1. The molecule has 2 N–H and O–H groups in total. The van der Waals surface area contributed by atoms with E-state index in [2.05, 4.69) is 0 Å². The average molecular weight is 315 g/mol. The smallest absolute Gasteiger partial charge is 0.254 e. The second-order valence-corrected chi connectivity index (χ2v) is 5.77. The van der Waals surface area contributed by atoms with Gasteiger partial charge in [0.15, 0.2) is 0 Å². The summed E-state index contributed by atoms with van der Waals surface area (Å²) in [5, 5.41) is 19.2. The van der Waals surface area contributed by atoms with E-state index in [-0.39, 0.29) is 30.9 Å². The van der Waals surface area contributed by atoms with E-state index in [1.54, 1.807) is 41.3 Å². The highest BCUT2D eigenvalue weighted by Gasteiger charge is 2.35. The van der Waals surface area contributed by atoms with E-state index in [0.29, 0.717) is 17.5 Å². The molecule has 1 heterocycles. The Labute approximate surface area is 133 Å². The summed E-state index contributed by atoms with van der Waals surface area (Å²) in [6.07, 6.45) is -0.174. The summed E-state index contributed by atoms with van der Waals surface area (Å²) in [5.74, 6) is -0.535. The van der Waals surface area contributed by atoms with Crippen LogP contribution < -0.4 is 0 Å². The van der Waals surface area contributed by atoms with Crippen molar-refractivity contribution >= 4 is 5.91 Å². The zero-order chi connectivity index (χ0) is 16.4. The Hall–Kier alpha value is -2.24. The molecule has 2 atom stereocenters. The minimum Gasteiger partial charge on any atom is -0.392 e. The van der Waals surface area contributed by atoms with Crippen LogP contribution in [0.3, 0.4) is 0 Å². The van der Waals surface area contributed by atoms with Gasteiger partial charge >= 0.3 is 0 Å². The van der Waals surface area contributed by atoms with Gasteiger partial charge in [0.1, 0.15) is 5.82 Å². The van der Waals surface area contributed by atoms with Crippen LogP contribution in [0.4, 0.5) is 4.39 Å². The fourth-order valence-electron chi connectivity index (χ4n) is 3.01. The number of aliphatic hydroxyl groups excluding tert-OH is 2. The Morgan fingerprint density at radius 3 is 2.65 bits per heavy atom. The lowest BCUT2D eigenvalue weighted by atomic mass is 10.0. The number of carbonyl (C=O) groups is 1. The van der Waals surface area contributed by atoms with Gasteiger partial charge in [0, 0.05) is 12.1 Å². The van der Waals surface area contributed by atoms with Gasteiger partial charge in [-0.05, 0) is 41.8 Å². The molecule has 1 amide bonds. The van der Waals surface area contributed by atoms with Gasteiger partial charge in [0.2, 0.25) is 0 Å². The number of benzene rings is 2. The van der Waals surface area contributed by atoms with E-state index < -0.39 is 6.10 Å². The van der Waals surface area contributed by atoms with E-state index in [4.69, 9.17) is 0 Å². The predicted molar refractivity (Wildman–Crippen MR) is 83.2 cm³/mol. The summed E-state index contributed by atoms with van der Waals surface area (Å²) in [5.41, 5.74) is 1.93. The van der Waals surface area contributed by atoms with Gasteiger partial charge in [-0.25, -0.2) is 4.39 Å². The molecule has 1 fully saturated rings. The standard InChI is InChI=1S/C18H18FNO3/c19-15-6-4-13(5-7-15)17-9-16(22)10-20(17)18(23)14-3-1-2-12(8-14)11-21/h1-8,16-17,21-22H,9-11H2/t16-,17+/m1/s1. The minimum absolute atomic E-state index is 0.134. The van der Waals surface area contributed by atoms with Crippen LogP contribution in [0.15, 0.2) is 48.5 Å². The van der Waals surface area contributed by atoms with E-state index in [0.717, 1.165) is 5.56 Å². The average Bonchev–Trinajstić information content (AvgIpc) is 2.96. The first kappa shape index (κ1) is 15.6. The highest BCUT2D eigenvalue weighted by molar-refractivity contribution is 5.95. The van der Waals surface area contributed by atoms with Crippen LogP contribution in [0.5, 0.6) is 0 Å². The zero-order valence-electron chi connectivity index (χ0n) is 12.5. The lowest BCUT2D eigenvalue weighted by Gasteiger charge is -2.25. The first-order valence-electron chi connectivity index (χ1n) is 7.53. The van der Waals surface area contributed by atoms with E-state index >= 15 is 0 Å². The second-order valence-electron chi connectivity index (χ2n) is 5.77. The van der Waals surface area contributed by atoms with Crippen LogP contribution in [0, 0.1) is 5.82 Å². The van der Waals surface area contributed by atoms with Crippen LogP contribution >= 0.6 is 0 Å². The number of carbonyl (C=O) groups excluding carboxylic acids is 1. The molecule has 2 aromatic carbocycles. The lowest BCUT2D eigenvalue weighted by Crippen LogP contribution is -2.31. The zero-order valence-corrected chi connectivity index (χ0v) is 12.5. The summed E-state index contributed by atoms with van der Waals surface area (Å²) in [6.45, 7) is 0.107. The molecule has 0 aromatic heterocycles. The van der Waals surface area contributed by atoms with Crippen LogP contribution in [0.2, 0.25) is 0 Å². The number of halogens is 1. The summed E-state index contributed by atoms with van der Waals surface area (Å²) in [6, 6.07) is 12.5. The third kappa shape index (κ3) is 3.25. The summed E-state index contributed by atoms with van der Waals surface area (Å²) < 4.78 is 13.1. The van der Waals surface area contributed by atoms with Gasteiger partial charge < -0.3 is 15.1 Å². The number of hydrogen-bond donors (Lipinski definition) is 2. The second kappa shape index (κ2) is 6.48. The molecule has 23 heavy (non-hydrogen) atoms. The van der Waals surface area contributed by atoms with E-state index in [1.165, 1.54) is 12.1 Å². The Kier molecular flexibility index (Phi) is 4.41. The molecule has 1 aliphatic rings. The molecule has 0 aliphatic carbocycles. The number of rotatable bonds is 3. The molecule has 0 radical (unpaired) electrons. The van der Waals surface area contributed by atoms with Gasteiger partial charge in [-0.15, -0.1) is 0 Å². The third-order valence-electron chi connectivity index (χ3n) is 4.15. The molecule has 0 unspecified atom stereocenters. The molecular formula is C18H18FNO3. The number of aliphatic hydroxyl groups is 2.